The van der Waals surface area contributed by atoms with Crippen LogP contribution in [0.3, 0.4) is 0 Å². The van der Waals surface area contributed by atoms with Crippen molar-refractivity contribution in [1.29, 1.82) is 0 Å². The summed E-state index contributed by atoms with van der Waals surface area (Å²) in [4.78, 5) is 6.76. The minimum absolute atomic E-state index is 0.736. The lowest BCUT2D eigenvalue weighted by Gasteiger charge is -2.09. The van der Waals surface area contributed by atoms with Crippen LogP contribution < -0.4 is 5.32 Å². The molecule has 0 amide bonds. The van der Waals surface area contributed by atoms with E-state index in [1.807, 2.05) is 12.3 Å². The number of fused-ring (bicyclic) bond motifs is 1. The van der Waals surface area contributed by atoms with Gasteiger partial charge in [0.1, 0.15) is 5.65 Å². The lowest BCUT2D eigenvalue weighted by molar-refractivity contribution is 0.199. The van der Waals surface area contributed by atoms with E-state index in [4.69, 9.17) is 4.74 Å². The van der Waals surface area contributed by atoms with E-state index in [-0.39, 0.29) is 0 Å². The number of hydrogen-bond acceptors (Lipinski definition) is 4. The van der Waals surface area contributed by atoms with Crippen molar-refractivity contribution in [2.45, 2.75) is 19.5 Å². The molecule has 0 aliphatic rings. The fourth-order valence-electron chi connectivity index (χ4n) is 2.46. The van der Waals surface area contributed by atoms with Gasteiger partial charge < -0.3 is 19.5 Å². The Labute approximate surface area is 126 Å². The van der Waals surface area contributed by atoms with Crippen molar-refractivity contribution in [3.63, 3.8) is 0 Å². The van der Waals surface area contributed by atoms with Crippen molar-refractivity contribution in [1.82, 2.24) is 19.8 Å². The summed E-state index contributed by atoms with van der Waals surface area (Å²) < 4.78 is 7.33. The summed E-state index contributed by atoms with van der Waals surface area (Å²) in [7, 11) is 5.94. The molecule has 0 radical (unpaired) electrons. The maximum atomic E-state index is 5.06. The van der Waals surface area contributed by atoms with Crippen molar-refractivity contribution in [3.05, 3.63) is 30.1 Å². The van der Waals surface area contributed by atoms with Crippen LogP contribution in [0.25, 0.3) is 11.0 Å². The maximum absolute atomic E-state index is 5.06. The van der Waals surface area contributed by atoms with Crippen molar-refractivity contribution in [3.8, 4) is 0 Å². The molecule has 116 valence electrons. The molecule has 0 saturated carbocycles. The molecule has 1 N–H and O–H groups in total. The molecular weight excluding hydrogens is 264 g/mol. The van der Waals surface area contributed by atoms with Crippen molar-refractivity contribution >= 4 is 11.0 Å². The van der Waals surface area contributed by atoms with Gasteiger partial charge in [-0.2, -0.15) is 0 Å². The van der Waals surface area contributed by atoms with Crippen LogP contribution in [-0.2, 0) is 17.8 Å². The van der Waals surface area contributed by atoms with Gasteiger partial charge in [-0.05, 0) is 44.8 Å². The predicted molar refractivity (Wildman–Crippen MR) is 86.5 cm³/mol. The minimum atomic E-state index is 0.736. The second kappa shape index (κ2) is 8.12. The van der Waals surface area contributed by atoms with Crippen LogP contribution in [0, 0.1) is 0 Å². The third kappa shape index (κ3) is 4.52. The minimum Gasteiger partial charge on any atom is -0.383 e. The average Bonchev–Trinajstić information content (AvgIpc) is 2.82. The number of rotatable bonds is 9. The molecule has 0 saturated heterocycles. The van der Waals surface area contributed by atoms with Gasteiger partial charge in [-0.15, -0.1) is 0 Å². The summed E-state index contributed by atoms with van der Waals surface area (Å²) in [5.74, 6) is 0. The normalized spacial score (nSPS) is 11.6. The third-order valence-corrected chi connectivity index (χ3v) is 3.52. The smallest absolute Gasteiger partial charge is 0.140 e. The molecule has 0 aromatic carbocycles. The number of hydrogen-bond donors (Lipinski definition) is 1. The number of ether oxygens (including phenoxy) is 1. The van der Waals surface area contributed by atoms with Crippen LogP contribution in [0.4, 0.5) is 0 Å². The molecule has 21 heavy (non-hydrogen) atoms. The molecule has 2 rings (SSSR count). The molecule has 2 heterocycles. The molecule has 0 aliphatic heterocycles. The standard InChI is InChI=1S/C16H26N4O/c1-19(2)9-5-10-20-13-14(12-17-8-11-21-3)15-6-4-7-18-16(15)20/h4,6-7,13,17H,5,8-12H2,1-3H3. The number of aryl methyl sites for hydroxylation is 1. The highest BCUT2D eigenvalue weighted by Gasteiger charge is 2.08. The Morgan fingerprint density at radius 3 is 3.00 bits per heavy atom. The first-order valence-electron chi connectivity index (χ1n) is 7.49. The first kappa shape index (κ1) is 15.9. The van der Waals surface area contributed by atoms with E-state index < -0.39 is 0 Å². The number of methoxy groups -OCH3 is 1. The van der Waals surface area contributed by atoms with E-state index in [0.29, 0.717) is 0 Å². The third-order valence-electron chi connectivity index (χ3n) is 3.52. The summed E-state index contributed by atoms with van der Waals surface area (Å²) in [6.45, 7) is 4.55. The van der Waals surface area contributed by atoms with E-state index in [1.165, 1.54) is 10.9 Å². The van der Waals surface area contributed by atoms with E-state index in [9.17, 15) is 0 Å². The van der Waals surface area contributed by atoms with Crippen LogP contribution in [0.15, 0.2) is 24.5 Å². The lowest BCUT2D eigenvalue weighted by Crippen LogP contribution is -2.18. The van der Waals surface area contributed by atoms with Crippen molar-refractivity contribution < 1.29 is 4.74 Å². The molecule has 0 aliphatic carbocycles. The quantitative estimate of drug-likeness (QED) is 0.714. The Morgan fingerprint density at radius 1 is 1.38 bits per heavy atom. The van der Waals surface area contributed by atoms with Gasteiger partial charge in [0.25, 0.3) is 0 Å². The summed E-state index contributed by atoms with van der Waals surface area (Å²) in [5, 5.41) is 4.65. The van der Waals surface area contributed by atoms with Gasteiger partial charge in [0, 0.05) is 44.5 Å². The molecule has 5 nitrogen and oxygen atoms in total. The maximum Gasteiger partial charge on any atom is 0.140 e. The fourth-order valence-corrected chi connectivity index (χ4v) is 2.46. The van der Waals surface area contributed by atoms with Crippen LogP contribution in [0.1, 0.15) is 12.0 Å². The zero-order valence-corrected chi connectivity index (χ0v) is 13.3. The van der Waals surface area contributed by atoms with Crippen LogP contribution in [0.5, 0.6) is 0 Å². The zero-order chi connectivity index (χ0) is 15.1. The van der Waals surface area contributed by atoms with Crippen LogP contribution >= 0.6 is 0 Å². The fraction of sp³-hybridized carbons (Fsp3) is 0.562. The van der Waals surface area contributed by atoms with E-state index in [1.54, 1.807) is 7.11 Å². The Morgan fingerprint density at radius 2 is 2.24 bits per heavy atom. The summed E-state index contributed by atoms with van der Waals surface area (Å²) in [5.41, 5.74) is 2.39. The number of aromatic nitrogens is 2. The highest BCUT2D eigenvalue weighted by molar-refractivity contribution is 5.80. The van der Waals surface area contributed by atoms with Crippen molar-refractivity contribution in [2.24, 2.45) is 0 Å². The molecule has 0 spiro atoms. The topological polar surface area (TPSA) is 42.3 Å². The molecule has 5 heteroatoms. The second-order valence-electron chi connectivity index (χ2n) is 5.55. The molecule has 0 atom stereocenters. The SMILES string of the molecule is COCCNCc1cn(CCCN(C)C)c2ncccc12. The first-order valence-corrected chi connectivity index (χ1v) is 7.49. The second-order valence-corrected chi connectivity index (χ2v) is 5.55. The Balaban J connectivity index is 2.06. The predicted octanol–water partition coefficient (Wildman–Crippen LogP) is 1.72. The molecule has 0 unspecified atom stereocenters. The Hall–Kier alpha value is -1.43. The molecule has 0 fully saturated rings. The van der Waals surface area contributed by atoms with E-state index >= 15 is 0 Å². The average molecular weight is 290 g/mol. The van der Waals surface area contributed by atoms with Gasteiger partial charge in [0.05, 0.1) is 6.61 Å². The highest BCUT2D eigenvalue weighted by Crippen LogP contribution is 2.19. The summed E-state index contributed by atoms with van der Waals surface area (Å²) >= 11 is 0. The molecule has 2 aromatic heterocycles. The monoisotopic (exact) mass is 290 g/mol. The highest BCUT2D eigenvalue weighted by atomic mass is 16.5. The van der Waals surface area contributed by atoms with Gasteiger partial charge in [0.2, 0.25) is 0 Å². The van der Waals surface area contributed by atoms with Gasteiger partial charge in [-0.3, -0.25) is 0 Å². The number of pyridine rings is 1. The molecular formula is C16H26N4O. The van der Waals surface area contributed by atoms with Gasteiger partial charge in [-0.25, -0.2) is 4.98 Å². The van der Waals surface area contributed by atoms with E-state index in [2.05, 4.69) is 46.1 Å². The molecule has 2 aromatic rings. The van der Waals surface area contributed by atoms with Gasteiger partial charge in [-0.1, -0.05) is 0 Å². The van der Waals surface area contributed by atoms with Gasteiger partial charge in [0.15, 0.2) is 0 Å². The first-order chi connectivity index (χ1) is 10.2. The lowest BCUT2D eigenvalue weighted by atomic mass is 10.2. The van der Waals surface area contributed by atoms with E-state index in [0.717, 1.165) is 44.9 Å². The van der Waals surface area contributed by atoms with Crippen molar-refractivity contribution in [2.75, 3.05) is 40.9 Å². The van der Waals surface area contributed by atoms with Crippen LogP contribution in [-0.4, -0.2) is 55.4 Å². The Bertz CT molecular complexity index is 550. The Kier molecular flexibility index (Phi) is 6.17. The summed E-state index contributed by atoms with van der Waals surface area (Å²) in [6.07, 6.45) is 5.23. The molecule has 0 bridgehead atoms. The van der Waals surface area contributed by atoms with Gasteiger partial charge >= 0.3 is 0 Å². The summed E-state index contributed by atoms with van der Waals surface area (Å²) in [6, 6.07) is 4.16. The zero-order valence-electron chi connectivity index (χ0n) is 13.3. The van der Waals surface area contributed by atoms with Crippen LogP contribution in [0.2, 0.25) is 0 Å². The number of nitrogens with one attached hydrogen (secondary N) is 1. The largest absolute Gasteiger partial charge is 0.383 e. The number of nitrogens with zero attached hydrogens (tertiary/aromatic N) is 3.